The molecule has 1 aromatic carbocycles. The molecule has 0 aliphatic carbocycles. The first-order valence-corrected chi connectivity index (χ1v) is 3.79. The van der Waals surface area contributed by atoms with Crippen LogP contribution in [0.1, 0.15) is 12.0 Å². The maximum Gasteiger partial charge on any atom is 0.118 e. The minimum atomic E-state index is 0. The fourth-order valence-corrected chi connectivity index (χ4v) is 0.996. The van der Waals surface area contributed by atoms with Crippen molar-refractivity contribution in [3.8, 4) is 5.75 Å². The zero-order chi connectivity index (χ0) is 8.10. The van der Waals surface area contributed by atoms with Gasteiger partial charge in [-0.1, -0.05) is 19.1 Å². The summed E-state index contributed by atoms with van der Waals surface area (Å²) in [6.07, 6.45) is 2.00. The predicted molar refractivity (Wildman–Crippen MR) is 46.7 cm³/mol. The zero-order valence-electron chi connectivity index (χ0n) is 7.92. The Kier molecular flexibility index (Phi) is 10.4. The van der Waals surface area contributed by atoms with Crippen LogP contribution >= 0.6 is 0 Å². The molecule has 0 aromatic heterocycles. The van der Waals surface area contributed by atoms with Crippen molar-refractivity contribution in [2.24, 2.45) is 0 Å². The predicted octanol–water partition coefficient (Wildman–Crippen LogP) is -0.537. The van der Waals surface area contributed by atoms with Crippen LogP contribution in [0.4, 0.5) is 0 Å². The van der Waals surface area contributed by atoms with Gasteiger partial charge in [0.15, 0.2) is 0 Å². The van der Waals surface area contributed by atoms with Crippen LogP contribution in [0.15, 0.2) is 24.3 Å². The van der Waals surface area contributed by atoms with Crippen molar-refractivity contribution >= 4 is 0 Å². The van der Waals surface area contributed by atoms with Gasteiger partial charge in [0, 0.05) is 19.5 Å². The largest absolute Gasteiger partial charge is 1.00 e. The van der Waals surface area contributed by atoms with Crippen LogP contribution in [-0.4, -0.2) is 7.11 Å². The van der Waals surface area contributed by atoms with Gasteiger partial charge in [-0.15, -0.1) is 0 Å². The van der Waals surface area contributed by atoms with Crippen molar-refractivity contribution in [1.82, 2.24) is 0 Å². The standard InChI is InChI=1S/C10H13O.BrH.Zn/c1-3-4-9-5-7-10(11-2)8-6-9;;/h5-8H,1,3-4H2,2H3;1H;/p-1. The Morgan fingerprint density at radius 3 is 2.15 bits per heavy atom. The second-order valence-corrected chi connectivity index (χ2v) is 2.45. The second-order valence-electron chi connectivity index (χ2n) is 2.45. The average molecular weight is 295 g/mol. The van der Waals surface area contributed by atoms with E-state index in [2.05, 4.69) is 19.1 Å². The number of ether oxygens (including phenoxy) is 1. The van der Waals surface area contributed by atoms with Gasteiger partial charge < -0.3 is 21.7 Å². The normalized spacial score (nSPS) is 8.15. The summed E-state index contributed by atoms with van der Waals surface area (Å²) in [5.74, 6) is 0.915. The van der Waals surface area contributed by atoms with Crippen LogP contribution in [0.5, 0.6) is 5.75 Å². The molecule has 0 heterocycles. The minimum Gasteiger partial charge on any atom is -1.00 e. The summed E-state index contributed by atoms with van der Waals surface area (Å²) in [4.78, 5) is 0. The summed E-state index contributed by atoms with van der Waals surface area (Å²) in [5.41, 5.74) is 1.32. The van der Waals surface area contributed by atoms with Crippen molar-refractivity contribution < 1.29 is 41.2 Å². The van der Waals surface area contributed by atoms with Crippen LogP contribution in [0.3, 0.4) is 0 Å². The minimum absolute atomic E-state index is 0. The zero-order valence-corrected chi connectivity index (χ0v) is 12.5. The molecule has 1 nitrogen and oxygen atoms in total. The Morgan fingerprint density at radius 1 is 1.23 bits per heavy atom. The molecule has 3 heteroatoms. The van der Waals surface area contributed by atoms with Crippen LogP contribution in [0.2, 0.25) is 0 Å². The number of aryl methyl sites for hydroxylation is 1. The molecule has 0 atom stereocenters. The van der Waals surface area contributed by atoms with E-state index in [1.165, 1.54) is 5.56 Å². The molecule has 69 valence electrons. The van der Waals surface area contributed by atoms with Crippen LogP contribution < -0.4 is 21.7 Å². The Labute approximate surface area is 103 Å². The van der Waals surface area contributed by atoms with E-state index in [0.29, 0.717) is 0 Å². The van der Waals surface area contributed by atoms with E-state index in [0.717, 1.165) is 18.6 Å². The van der Waals surface area contributed by atoms with Gasteiger partial charge in [-0.05, 0) is 30.5 Å². The Morgan fingerprint density at radius 2 is 1.77 bits per heavy atom. The van der Waals surface area contributed by atoms with E-state index in [4.69, 9.17) is 4.74 Å². The third-order valence-corrected chi connectivity index (χ3v) is 1.62. The maximum atomic E-state index is 5.03. The molecular formula is C10H13BrOZn-. The number of methoxy groups -OCH3 is 1. The van der Waals surface area contributed by atoms with Crippen LogP contribution in [-0.2, 0) is 25.9 Å². The Balaban J connectivity index is 0. The topological polar surface area (TPSA) is 9.23 Å². The first-order valence-electron chi connectivity index (χ1n) is 3.79. The monoisotopic (exact) mass is 292 g/mol. The van der Waals surface area contributed by atoms with Gasteiger partial charge in [0.2, 0.25) is 0 Å². The molecular weight excluding hydrogens is 281 g/mol. The molecule has 1 aromatic rings. The molecule has 0 N–H and O–H groups in total. The van der Waals surface area contributed by atoms with Crippen molar-refractivity contribution in [2.75, 3.05) is 7.11 Å². The molecule has 0 saturated carbocycles. The van der Waals surface area contributed by atoms with E-state index in [-0.39, 0.29) is 36.5 Å². The molecule has 13 heavy (non-hydrogen) atoms. The molecule has 0 saturated heterocycles. The Hall–Kier alpha value is 0.123. The van der Waals surface area contributed by atoms with Gasteiger partial charge in [0.1, 0.15) is 5.75 Å². The van der Waals surface area contributed by atoms with Crippen molar-refractivity contribution in [2.45, 2.75) is 12.8 Å². The quantitative estimate of drug-likeness (QED) is 0.681. The van der Waals surface area contributed by atoms with Crippen molar-refractivity contribution in [3.63, 3.8) is 0 Å². The van der Waals surface area contributed by atoms with Gasteiger partial charge in [0.25, 0.3) is 0 Å². The summed E-state index contributed by atoms with van der Waals surface area (Å²) in [6, 6.07) is 8.10. The summed E-state index contributed by atoms with van der Waals surface area (Å²) in [5, 5.41) is 0. The smallest absolute Gasteiger partial charge is 0.118 e. The number of rotatable bonds is 3. The fraction of sp³-hybridized carbons (Fsp3) is 0.300. The first kappa shape index (κ1) is 15.6. The van der Waals surface area contributed by atoms with E-state index in [1.54, 1.807) is 7.11 Å². The van der Waals surface area contributed by atoms with E-state index in [9.17, 15) is 0 Å². The maximum absolute atomic E-state index is 5.03. The summed E-state index contributed by atoms with van der Waals surface area (Å²) >= 11 is 0. The van der Waals surface area contributed by atoms with Crippen molar-refractivity contribution in [3.05, 3.63) is 36.8 Å². The molecule has 0 spiro atoms. The second kappa shape index (κ2) is 8.71. The number of benzene rings is 1. The van der Waals surface area contributed by atoms with Crippen LogP contribution in [0.25, 0.3) is 0 Å². The SMILES string of the molecule is [Br-].[CH2]CCc1ccc(OC)cc1.[Zn]. The molecule has 0 aliphatic rings. The van der Waals surface area contributed by atoms with Gasteiger partial charge in [-0.25, -0.2) is 0 Å². The van der Waals surface area contributed by atoms with E-state index in [1.807, 2.05) is 12.1 Å². The van der Waals surface area contributed by atoms with E-state index >= 15 is 0 Å². The van der Waals surface area contributed by atoms with Crippen molar-refractivity contribution in [1.29, 1.82) is 0 Å². The molecule has 0 amide bonds. The molecule has 0 unspecified atom stereocenters. The molecule has 0 fully saturated rings. The molecule has 0 bridgehead atoms. The molecule has 0 aliphatic heterocycles. The van der Waals surface area contributed by atoms with Gasteiger partial charge in [0.05, 0.1) is 7.11 Å². The third-order valence-electron chi connectivity index (χ3n) is 1.62. The number of hydrogen-bond donors (Lipinski definition) is 0. The first-order chi connectivity index (χ1) is 5.36. The van der Waals surface area contributed by atoms with E-state index < -0.39 is 0 Å². The van der Waals surface area contributed by atoms with Gasteiger partial charge in [-0.2, -0.15) is 0 Å². The van der Waals surface area contributed by atoms with Gasteiger partial charge >= 0.3 is 0 Å². The number of hydrogen-bond acceptors (Lipinski definition) is 1. The number of halogens is 1. The van der Waals surface area contributed by atoms with Gasteiger partial charge in [-0.3, -0.25) is 0 Å². The average Bonchev–Trinajstić information content (AvgIpc) is 2.07. The third kappa shape index (κ3) is 5.43. The van der Waals surface area contributed by atoms with Crippen LogP contribution in [0, 0.1) is 6.92 Å². The summed E-state index contributed by atoms with van der Waals surface area (Å²) < 4.78 is 5.03. The summed E-state index contributed by atoms with van der Waals surface area (Å²) in [6.45, 7) is 3.79. The Bertz CT molecular complexity index is 211. The fourth-order valence-electron chi connectivity index (χ4n) is 0.996. The molecule has 1 rings (SSSR count). The molecule has 1 radical (unpaired) electrons. The summed E-state index contributed by atoms with van der Waals surface area (Å²) in [7, 11) is 1.68.